The molecule has 2 aromatic carbocycles. The molecule has 0 aliphatic carbocycles. The third-order valence-electron chi connectivity index (χ3n) is 3.17. The fourth-order valence-corrected chi connectivity index (χ4v) is 2.00. The molecule has 8 heteroatoms. The van der Waals surface area contributed by atoms with Crippen molar-refractivity contribution in [3.05, 3.63) is 59.7 Å². The van der Waals surface area contributed by atoms with E-state index in [2.05, 4.69) is 15.5 Å². The van der Waals surface area contributed by atoms with Crippen LogP contribution in [0.15, 0.2) is 46.9 Å². The minimum atomic E-state index is -1.02. The SMILES string of the molecule is COc1ccc(-c2nnc(NC(=O)c3c(F)cccc3F)o2)cc1. The summed E-state index contributed by atoms with van der Waals surface area (Å²) >= 11 is 0. The van der Waals surface area contributed by atoms with Gasteiger partial charge in [0.05, 0.1) is 7.11 Å². The molecule has 0 unspecified atom stereocenters. The molecule has 0 radical (unpaired) electrons. The van der Waals surface area contributed by atoms with Crippen LogP contribution < -0.4 is 10.1 Å². The van der Waals surface area contributed by atoms with Gasteiger partial charge in [-0.15, -0.1) is 5.10 Å². The van der Waals surface area contributed by atoms with Gasteiger partial charge in [-0.05, 0) is 36.4 Å². The number of nitrogens with one attached hydrogen (secondary N) is 1. The summed E-state index contributed by atoms with van der Waals surface area (Å²) in [6, 6.07) is 9.63. The average Bonchev–Trinajstić information content (AvgIpc) is 3.03. The van der Waals surface area contributed by atoms with Crippen molar-refractivity contribution in [1.29, 1.82) is 0 Å². The zero-order chi connectivity index (χ0) is 17.1. The Morgan fingerprint density at radius 1 is 1.08 bits per heavy atom. The van der Waals surface area contributed by atoms with Crippen molar-refractivity contribution in [3.8, 4) is 17.2 Å². The molecule has 0 atom stereocenters. The number of methoxy groups -OCH3 is 1. The number of aromatic nitrogens is 2. The fourth-order valence-electron chi connectivity index (χ4n) is 2.00. The van der Waals surface area contributed by atoms with Crippen molar-refractivity contribution >= 4 is 11.9 Å². The summed E-state index contributed by atoms with van der Waals surface area (Å²) < 4.78 is 37.4. The van der Waals surface area contributed by atoms with Crippen molar-refractivity contribution in [2.75, 3.05) is 12.4 Å². The molecule has 0 bridgehead atoms. The average molecular weight is 331 g/mol. The van der Waals surface area contributed by atoms with E-state index in [0.29, 0.717) is 11.3 Å². The number of carbonyl (C=O) groups is 1. The number of anilines is 1. The van der Waals surface area contributed by atoms with E-state index < -0.39 is 23.1 Å². The summed E-state index contributed by atoms with van der Waals surface area (Å²) in [6.45, 7) is 0. The maximum Gasteiger partial charge on any atom is 0.322 e. The maximum absolute atomic E-state index is 13.6. The molecule has 3 rings (SSSR count). The van der Waals surface area contributed by atoms with E-state index >= 15 is 0 Å². The van der Waals surface area contributed by atoms with E-state index in [4.69, 9.17) is 9.15 Å². The molecule has 0 saturated heterocycles. The normalized spacial score (nSPS) is 10.5. The van der Waals surface area contributed by atoms with Crippen LogP contribution in [0.25, 0.3) is 11.5 Å². The third kappa shape index (κ3) is 3.07. The molecule has 1 aromatic heterocycles. The second-order valence-corrected chi connectivity index (χ2v) is 4.69. The number of ether oxygens (including phenoxy) is 1. The highest BCUT2D eigenvalue weighted by molar-refractivity contribution is 6.03. The Bertz CT molecular complexity index is 858. The molecular weight excluding hydrogens is 320 g/mol. The Hall–Kier alpha value is -3.29. The Morgan fingerprint density at radius 2 is 1.75 bits per heavy atom. The minimum absolute atomic E-state index is 0.141. The molecule has 24 heavy (non-hydrogen) atoms. The summed E-state index contributed by atoms with van der Waals surface area (Å²) in [5.41, 5.74) is -0.123. The van der Waals surface area contributed by atoms with Gasteiger partial charge in [0.1, 0.15) is 22.9 Å². The van der Waals surface area contributed by atoms with Gasteiger partial charge in [0, 0.05) is 5.56 Å². The fraction of sp³-hybridized carbons (Fsp3) is 0.0625. The van der Waals surface area contributed by atoms with E-state index in [1.54, 1.807) is 24.3 Å². The van der Waals surface area contributed by atoms with Gasteiger partial charge in [0.25, 0.3) is 5.91 Å². The molecule has 3 aromatic rings. The van der Waals surface area contributed by atoms with Crippen LogP contribution in [0.5, 0.6) is 5.75 Å². The molecule has 1 N–H and O–H groups in total. The van der Waals surface area contributed by atoms with E-state index in [1.807, 2.05) is 0 Å². The van der Waals surface area contributed by atoms with Crippen molar-refractivity contribution in [1.82, 2.24) is 10.2 Å². The molecule has 1 amide bonds. The van der Waals surface area contributed by atoms with E-state index in [9.17, 15) is 13.6 Å². The van der Waals surface area contributed by atoms with Crippen LogP contribution in [0.3, 0.4) is 0 Å². The monoisotopic (exact) mass is 331 g/mol. The first kappa shape index (κ1) is 15.6. The maximum atomic E-state index is 13.6. The lowest BCUT2D eigenvalue weighted by atomic mass is 10.2. The number of rotatable bonds is 4. The van der Waals surface area contributed by atoms with Crippen LogP contribution in [0.2, 0.25) is 0 Å². The number of carbonyl (C=O) groups excluding carboxylic acids is 1. The summed E-state index contributed by atoms with van der Waals surface area (Å²) in [4.78, 5) is 11.9. The van der Waals surface area contributed by atoms with Gasteiger partial charge >= 0.3 is 6.01 Å². The first-order chi connectivity index (χ1) is 11.6. The lowest BCUT2D eigenvalue weighted by Crippen LogP contribution is -2.16. The quantitative estimate of drug-likeness (QED) is 0.794. The summed E-state index contributed by atoms with van der Waals surface area (Å²) in [5.74, 6) is -2.19. The van der Waals surface area contributed by atoms with Crippen LogP contribution in [0, 0.1) is 11.6 Å². The number of benzene rings is 2. The molecule has 6 nitrogen and oxygen atoms in total. The third-order valence-corrected chi connectivity index (χ3v) is 3.17. The first-order valence-electron chi connectivity index (χ1n) is 6.82. The van der Waals surface area contributed by atoms with Crippen LogP contribution in [0.4, 0.5) is 14.8 Å². The second kappa shape index (κ2) is 6.45. The Kier molecular flexibility index (Phi) is 4.19. The highest BCUT2D eigenvalue weighted by Crippen LogP contribution is 2.23. The largest absolute Gasteiger partial charge is 0.497 e. The molecule has 0 spiro atoms. The molecule has 0 aliphatic heterocycles. The highest BCUT2D eigenvalue weighted by atomic mass is 19.1. The predicted octanol–water partition coefficient (Wildman–Crippen LogP) is 3.28. The zero-order valence-electron chi connectivity index (χ0n) is 12.4. The summed E-state index contributed by atoms with van der Waals surface area (Å²) in [7, 11) is 1.54. The van der Waals surface area contributed by atoms with Gasteiger partial charge in [0.2, 0.25) is 5.89 Å². The van der Waals surface area contributed by atoms with Crippen LogP contribution in [-0.2, 0) is 0 Å². The number of nitrogens with zero attached hydrogens (tertiary/aromatic N) is 2. The number of amides is 1. The van der Waals surface area contributed by atoms with Gasteiger partial charge in [-0.25, -0.2) is 8.78 Å². The topological polar surface area (TPSA) is 77.3 Å². The summed E-state index contributed by atoms with van der Waals surface area (Å²) in [5, 5.41) is 9.58. The minimum Gasteiger partial charge on any atom is -0.497 e. The van der Waals surface area contributed by atoms with Gasteiger partial charge in [-0.2, -0.15) is 0 Å². The first-order valence-corrected chi connectivity index (χ1v) is 6.82. The van der Waals surface area contributed by atoms with E-state index in [0.717, 1.165) is 18.2 Å². The smallest absolute Gasteiger partial charge is 0.322 e. The molecule has 1 heterocycles. The van der Waals surface area contributed by atoms with Gasteiger partial charge < -0.3 is 9.15 Å². The highest BCUT2D eigenvalue weighted by Gasteiger charge is 2.19. The predicted molar refractivity (Wildman–Crippen MR) is 80.6 cm³/mol. The van der Waals surface area contributed by atoms with E-state index in [1.165, 1.54) is 7.11 Å². The molecule has 0 fully saturated rings. The second-order valence-electron chi connectivity index (χ2n) is 4.69. The molecular formula is C16H11F2N3O3. The standard InChI is InChI=1S/C16H11F2N3O3/c1-23-10-7-5-9(6-8-10)15-20-21-16(24-15)19-14(22)13-11(17)3-2-4-12(13)18/h2-8H,1H3,(H,19,21,22). The zero-order valence-corrected chi connectivity index (χ0v) is 12.4. The van der Waals surface area contributed by atoms with Crippen LogP contribution in [-0.4, -0.2) is 23.2 Å². The molecule has 0 aliphatic rings. The molecule has 0 saturated carbocycles. The van der Waals surface area contributed by atoms with E-state index in [-0.39, 0.29) is 11.9 Å². The Morgan fingerprint density at radius 3 is 2.38 bits per heavy atom. The number of halogens is 2. The number of hydrogen-bond acceptors (Lipinski definition) is 5. The Balaban J connectivity index is 1.79. The van der Waals surface area contributed by atoms with Crippen molar-refractivity contribution < 1.29 is 22.7 Å². The van der Waals surface area contributed by atoms with Crippen molar-refractivity contribution in [2.45, 2.75) is 0 Å². The molecule has 122 valence electrons. The van der Waals surface area contributed by atoms with Crippen molar-refractivity contribution in [3.63, 3.8) is 0 Å². The van der Waals surface area contributed by atoms with Gasteiger partial charge in [0.15, 0.2) is 0 Å². The lowest BCUT2D eigenvalue weighted by molar-refractivity contribution is 0.101. The van der Waals surface area contributed by atoms with Crippen LogP contribution in [0.1, 0.15) is 10.4 Å². The van der Waals surface area contributed by atoms with Gasteiger partial charge in [-0.1, -0.05) is 11.2 Å². The van der Waals surface area contributed by atoms with Crippen LogP contribution >= 0.6 is 0 Å². The van der Waals surface area contributed by atoms with Crippen molar-refractivity contribution in [2.24, 2.45) is 0 Å². The number of hydrogen-bond donors (Lipinski definition) is 1. The summed E-state index contributed by atoms with van der Waals surface area (Å²) in [6.07, 6.45) is 0. The Labute approximate surface area is 135 Å². The van der Waals surface area contributed by atoms with Gasteiger partial charge in [-0.3, -0.25) is 10.1 Å². The lowest BCUT2D eigenvalue weighted by Gasteiger charge is -2.03.